The molecule has 25 heavy (non-hydrogen) atoms. The second kappa shape index (κ2) is 8.13. The molecule has 3 aromatic rings. The number of aromatic nitrogens is 1. The van der Waals surface area contributed by atoms with Crippen LogP contribution in [0.4, 0.5) is 5.69 Å². The van der Waals surface area contributed by atoms with Gasteiger partial charge in [-0.3, -0.25) is 0 Å². The third kappa shape index (κ3) is 4.29. The zero-order valence-corrected chi connectivity index (χ0v) is 15.9. The largest absolute Gasteiger partial charge is 0.372 e. The molecular formula is C20H23N3S2. The van der Waals surface area contributed by atoms with Gasteiger partial charge in [-0.1, -0.05) is 12.1 Å². The second-order valence-corrected chi connectivity index (χ2v) is 8.21. The van der Waals surface area contributed by atoms with E-state index < -0.39 is 0 Å². The van der Waals surface area contributed by atoms with Gasteiger partial charge >= 0.3 is 0 Å². The smallest absolute Gasteiger partial charge is 0.110 e. The molecule has 1 aliphatic rings. The summed E-state index contributed by atoms with van der Waals surface area (Å²) in [5.41, 5.74) is 4.06. The maximum atomic E-state index is 4.53. The number of nitrogens with one attached hydrogen (secondary N) is 1. The van der Waals surface area contributed by atoms with Crippen LogP contribution in [0.15, 0.2) is 52.7 Å². The normalized spacial score (nSPS) is 15.6. The first-order chi connectivity index (χ1) is 12.4. The number of rotatable bonds is 7. The van der Waals surface area contributed by atoms with Gasteiger partial charge in [-0.05, 0) is 59.3 Å². The highest BCUT2D eigenvalue weighted by Gasteiger charge is 2.15. The number of thiazole rings is 1. The summed E-state index contributed by atoms with van der Waals surface area (Å²) in [5, 5.41) is 11.3. The summed E-state index contributed by atoms with van der Waals surface area (Å²) in [6, 6.07) is 11.5. The fraction of sp³-hybridized carbons (Fsp3) is 0.350. The van der Waals surface area contributed by atoms with Crippen molar-refractivity contribution in [1.82, 2.24) is 10.3 Å². The van der Waals surface area contributed by atoms with E-state index in [4.69, 9.17) is 0 Å². The molecule has 1 fully saturated rings. The van der Waals surface area contributed by atoms with Gasteiger partial charge in [0.05, 0.1) is 6.04 Å². The average Bonchev–Trinajstić information content (AvgIpc) is 3.42. The first kappa shape index (κ1) is 16.8. The Hall–Kier alpha value is -1.69. The van der Waals surface area contributed by atoms with E-state index >= 15 is 0 Å². The molecule has 0 bridgehead atoms. The minimum atomic E-state index is 0.271. The van der Waals surface area contributed by atoms with E-state index in [1.165, 1.54) is 47.8 Å². The molecule has 1 saturated heterocycles. The van der Waals surface area contributed by atoms with E-state index in [2.05, 4.69) is 61.7 Å². The molecule has 4 rings (SSSR count). The summed E-state index contributed by atoms with van der Waals surface area (Å²) in [6.07, 6.45) is 5.53. The number of benzene rings is 1. The second-order valence-electron chi connectivity index (χ2n) is 6.50. The maximum absolute atomic E-state index is 4.53. The van der Waals surface area contributed by atoms with Crippen molar-refractivity contribution in [3.8, 4) is 0 Å². The van der Waals surface area contributed by atoms with Crippen LogP contribution in [0, 0.1) is 0 Å². The molecule has 130 valence electrons. The van der Waals surface area contributed by atoms with E-state index in [0.717, 1.165) is 13.0 Å². The lowest BCUT2D eigenvalue weighted by Crippen LogP contribution is -2.23. The Balaban J connectivity index is 1.40. The van der Waals surface area contributed by atoms with E-state index in [-0.39, 0.29) is 6.04 Å². The minimum absolute atomic E-state index is 0.271. The van der Waals surface area contributed by atoms with Crippen LogP contribution in [0.1, 0.15) is 35.0 Å². The Morgan fingerprint density at radius 3 is 2.56 bits per heavy atom. The molecule has 2 aromatic heterocycles. The predicted octanol–water partition coefficient (Wildman–Crippen LogP) is 4.88. The topological polar surface area (TPSA) is 28.2 Å². The standard InChI is InChI=1S/C20H23N3S2/c1-2-10-23(9-1)18-5-3-16(4-6-18)14-22-19(20-21-8-12-25-20)13-17-7-11-24-15-17/h3-8,11-12,15,19,22H,1-2,9-10,13-14H2/t19-/m0/s1. The van der Waals surface area contributed by atoms with Gasteiger partial charge in [0, 0.05) is 36.9 Å². The lowest BCUT2D eigenvalue weighted by atomic mass is 10.1. The monoisotopic (exact) mass is 369 g/mol. The number of anilines is 1. The molecule has 3 nitrogen and oxygen atoms in total. The number of hydrogen-bond donors (Lipinski definition) is 1. The molecule has 0 radical (unpaired) electrons. The maximum Gasteiger partial charge on any atom is 0.110 e. The third-order valence-electron chi connectivity index (χ3n) is 4.73. The quantitative estimate of drug-likeness (QED) is 0.643. The van der Waals surface area contributed by atoms with Crippen molar-refractivity contribution in [3.05, 3.63) is 68.8 Å². The van der Waals surface area contributed by atoms with Crippen LogP contribution in [0.5, 0.6) is 0 Å². The third-order valence-corrected chi connectivity index (χ3v) is 6.35. The molecule has 1 atom stereocenters. The molecule has 0 saturated carbocycles. The first-order valence-corrected chi connectivity index (χ1v) is 10.7. The van der Waals surface area contributed by atoms with Crippen LogP contribution in [0.3, 0.4) is 0 Å². The Bertz CT molecular complexity index is 745. The van der Waals surface area contributed by atoms with Gasteiger partial charge in [0.2, 0.25) is 0 Å². The van der Waals surface area contributed by atoms with Crippen LogP contribution in [-0.2, 0) is 13.0 Å². The number of nitrogens with zero attached hydrogens (tertiary/aromatic N) is 2. The molecule has 0 spiro atoms. The Labute approximate surface area is 157 Å². The van der Waals surface area contributed by atoms with E-state index in [9.17, 15) is 0 Å². The summed E-state index contributed by atoms with van der Waals surface area (Å²) < 4.78 is 0. The predicted molar refractivity (Wildman–Crippen MR) is 108 cm³/mol. The molecule has 3 heterocycles. The molecule has 0 amide bonds. The van der Waals surface area contributed by atoms with Gasteiger partial charge < -0.3 is 10.2 Å². The van der Waals surface area contributed by atoms with Crippen molar-refractivity contribution < 1.29 is 0 Å². The van der Waals surface area contributed by atoms with Crippen molar-refractivity contribution in [3.63, 3.8) is 0 Å². The van der Waals surface area contributed by atoms with E-state index in [1.54, 1.807) is 22.7 Å². The Morgan fingerprint density at radius 1 is 1.04 bits per heavy atom. The fourth-order valence-electron chi connectivity index (χ4n) is 3.34. The van der Waals surface area contributed by atoms with Crippen LogP contribution in [-0.4, -0.2) is 18.1 Å². The molecule has 1 aromatic carbocycles. The van der Waals surface area contributed by atoms with Gasteiger partial charge in [0.1, 0.15) is 5.01 Å². The molecule has 1 N–H and O–H groups in total. The highest BCUT2D eigenvalue weighted by molar-refractivity contribution is 7.09. The van der Waals surface area contributed by atoms with Gasteiger partial charge in [-0.15, -0.1) is 11.3 Å². The molecule has 5 heteroatoms. The van der Waals surface area contributed by atoms with Gasteiger partial charge in [0.15, 0.2) is 0 Å². The summed E-state index contributed by atoms with van der Waals surface area (Å²) in [6.45, 7) is 3.27. The summed E-state index contributed by atoms with van der Waals surface area (Å²) in [7, 11) is 0. The minimum Gasteiger partial charge on any atom is -0.372 e. The van der Waals surface area contributed by atoms with Crippen LogP contribution in [0.25, 0.3) is 0 Å². The molecular weight excluding hydrogens is 346 g/mol. The van der Waals surface area contributed by atoms with E-state index in [0.29, 0.717) is 0 Å². The highest BCUT2D eigenvalue weighted by Crippen LogP contribution is 2.23. The molecule has 0 unspecified atom stereocenters. The number of hydrogen-bond acceptors (Lipinski definition) is 5. The number of thiophene rings is 1. The van der Waals surface area contributed by atoms with Gasteiger partial charge in [0.25, 0.3) is 0 Å². The highest BCUT2D eigenvalue weighted by atomic mass is 32.1. The average molecular weight is 370 g/mol. The summed E-state index contributed by atoms with van der Waals surface area (Å²) in [4.78, 5) is 7.01. The summed E-state index contributed by atoms with van der Waals surface area (Å²) >= 11 is 3.49. The molecule has 0 aliphatic carbocycles. The SMILES string of the molecule is c1csc([C@H](Cc2ccsc2)NCc2ccc(N3CCCC3)cc2)n1. The zero-order valence-electron chi connectivity index (χ0n) is 14.2. The first-order valence-electron chi connectivity index (χ1n) is 8.86. The van der Waals surface area contributed by atoms with Crippen LogP contribution < -0.4 is 10.2 Å². The lowest BCUT2D eigenvalue weighted by Gasteiger charge is -2.19. The Kier molecular flexibility index (Phi) is 5.45. The zero-order chi connectivity index (χ0) is 16.9. The summed E-state index contributed by atoms with van der Waals surface area (Å²) in [5.74, 6) is 0. The molecule has 1 aliphatic heterocycles. The van der Waals surface area contributed by atoms with Crippen molar-refractivity contribution in [2.45, 2.75) is 31.8 Å². The van der Waals surface area contributed by atoms with Crippen LogP contribution >= 0.6 is 22.7 Å². The van der Waals surface area contributed by atoms with Crippen LogP contribution in [0.2, 0.25) is 0 Å². The lowest BCUT2D eigenvalue weighted by molar-refractivity contribution is 0.528. The van der Waals surface area contributed by atoms with Crippen molar-refractivity contribution in [2.75, 3.05) is 18.0 Å². The van der Waals surface area contributed by atoms with E-state index in [1.807, 2.05) is 6.20 Å². The fourth-order valence-corrected chi connectivity index (χ4v) is 4.73. The van der Waals surface area contributed by atoms with Crippen molar-refractivity contribution >= 4 is 28.4 Å². The van der Waals surface area contributed by atoms with Gasteiger partial charge in [-0.25, -0.2) is 4.98 Å². The van der Waals surface area contributed by atoms with Gasteiger partial charge in [-0.2, -0.15) is 11.3 Å². The Morgan fingerprint density at radius 2 is 1.88 bits per heavy atom. The van der Waals surface area contributed by atoms with Crippen molar-refractivity contribution in [2.24, 2.45) is 0 Å². The van der Waals surface area contributed by atoms with Crippen molar-refractivity contribution in [1.29, 1.82) is 0 Å².